The minimum Gasteiger partial charge on any atom is -0.490 e. The van der Waals surface area contributed by atoms with E-state index >= 15 is 0 Å². The molecule has 1 fully saturated rings. The van der Waals surface area contributed by atoms with Crippen LogP contribution in [0.25, 0.3) is 0 Å². The molecule has 0 aliphatic carbocycles. The molecule has 1 aromatic carbocycles. The molecule has 7 nitrogen and oxygen atoms in total. The van der Waals surface area contributed by atoms with Crippen LogP contribution in [0.2, 0.25) is 0 Å². The average Bonchev–Trinajstić information content (AvgIpc) is 2.60. The predicted molar refractivity (Wildman–Crippen MR) is 99.7 cm³/mol. The van der Waals surface area contributed by atoms with Gasteiger partial charge in [-0.15, -0.1) is 0 Å². The normalized spacial score (nSPS) is 17.5. The number of alkyl halides is 3. The number of aliphatic carboxylic acids is 1. The van der Waals surface area contributed by atoms with E-state index in [-0.39, 0.29) is 29.2 Å². The highest BCUT2D eigenvalue weighted by Gasteiger charge is 2.30. The number of rotatable bonds is 7. The number of hydroxylamine groups is 2. The summed E-state index contributed by atoms with van der Waals surface area (Å²) in [6.07, 6.45) is -4.79. The monoisotopic (exact) mass is 431 g/mol. The highest BCUT2D eigenvalue weighted by Crippen LogP contribution is 2.31. The average molecular weight is 431 g/mol. The van der Waals surface area contributed by atoms with Gasteiger partial charge in [-0.25, -0.2) is 9.86 Å². The molecule has 30 heavy (non-hydrogen) atoms. The Morgan fingerprint density at radius 3 is 2.57 bits per heavy atom. The smallest absolute Gasteiger partial charge is 0.422 e. The van der Waals surface area contributed by atoms with Crippen molar-refractivity contribution in [2.75, 3.05) is 13.2 Å². The van der Waals surface area contributed by atoms with Crippen LogP contribution in [0.3, 0.4) is 0 Å². The van der Waals surface area contributed by atoms with Crippen molar-refractivity contribution in [2.24, 2.45) is 0 Å². The van der Waals surface area contributed by atoms with E-state index < -0.39 is 36.9 Å². The Bertz CT molecular complexity index is 812. The third kappa shape index (κ3) is 7.61. The van der Waals surface area contributed by atoms with Gasteiger partial charge in [0.25, 0.3) is 0 Å². The lowest BCUT2D eigenvalue weighted by molar-refractivity contribution is -0.217. The van der Waals surface area contributed by atoms with Gasteiger partial charge in [0, 0.05) is 31.0 Å². The molecule has 0 amide bonds. The van der Waals surface area contributed by atoms with Gasteiger partial charge >= 0.3 is 12.1 Å². The van der Waals surface area contributed by atoms with E-state index in [1.54, 1.807) is 0 Å². The molecule has 0 radical (unpaired) electrons. The fourth-order valence-electron chi connectivity index (χ4n) is 2.84. The lowest BCUT2D eigenvalue weighted by Gasteiger charge is -2.36. The van der Waals surface area contributed by atoms with E-state index in [2.05, 4.69) is 0 Å². The molecule has 1 heterocycles. The highest BCUT2D eigenvalue weighted by atomic mass is 19.4. The molecule has 166 valence electrons. The van der Waals surface area contributed by atoms with Gasteiger partial charge in [0.2, 0.25) is 0 Å². The lowest BCUT2D eigenvalue weighted by atomic mass is 10.1. The predicted octanol–water partition coefficient (Wildman–Crippen LogP) is 3.54. The number of carbonyl (C=O) groups is 1. The summed E-state index contributed by atoms with van der Waals surface area (Å²) in [5, 5.41) is 10.4. The van der Waals surface area contributed by atoms with Crippen LogP contribution in [-0.4, -0.2) is 53.1 Å². The van der Waals surface area contributed by atoms with Gasteiger partial charge in [-0.3, -0.25) is 9.63 Å². The third-order valence-electron chi connectivity index (χ3n) is 3.95. The largest absolute Gasteiger partial charge is 0.490 e. The molecule has 1 aromatic rings. The van der Waals surface area contributed by atoms with Crippen molar-refractivity contribution in [2.45, 2.75) is 57.9 Å². The molecule has 2 rings (SSSR count). The van der Waals surface area contributed by atoms with E-state index in [0.29, 0.717) is 13.0 Å². The standard InChI is InChI=1S/C20H24F3NO6/c1-19(2,3)30-24-7-6-16(9-14(24)11-25)29-15-5-4-13(8-18(26)27)17(10-15)28-12-20(21,22)23/h4-5,10,16H,6-9,12H2,1-3H3,(H,26,27). The van der Waals surface area contributed by atoms with Crippen molar-refractivity contribution in [3.05, 3.63) is 29.5 Å². The number of piperidine rings is 1. The molecule has 10 heteroatoms. The van der Waals surface area contributed by atoms with Crippen molar-refractivity contribution < 1.29 is 42.2 Å². The zero-order valence-electron chi connectivity index (χ0n) is 16.9. The number of carboxylic acid groups (broad SMARTS) is 1. The van der Waals surface area contributed by atoms with E-state index in [9.17, 15) is 22.8 Å². The summed E-state index contributed by atoms with van der Waals surface area (Å²) in [6.45, 7) is 4.36. The molecule has 1 saturated heterocycles. The summed E-state index contributed by atoms with van der Waals surface area (Å²) < 4.78 is 48.1. The number of carbonyl (C=O) groups excluding carboxylic acids is 1. The molecule has 1 atom stereocenters. The van der Waals surface area contributed by atoms with Crippen molar-refractivity contribution in [3.8, 4) is 11.5 Å². The Morgan fingerprint density at radius 2 is 2.00 bits per heavy atom. The molecule has 0 bridgehead atoms. The first-order valence-electron chi connectivity index (χ1n) is 9.28. The quantitative estimate of drug-likeness (QED) is 0.661. The first kappa shape index (κ1) is 23.6. The molecular formula is C20H24F3NO6. The highest BCUT2D eigenvalue weighted by molar-refractivity contribution is 5.71. The molecule has 0 saturated carbocycles. The van der Waals surface area contributed by atoms with Gasteiger partial charge in [-0.2, -0.15) is 13.2 Å². The minimum atomic E-state index is -4.57. The van der Waals surface area contributed by atoms with Gasteiger partial charge in [0.15, 0.2) is 6.61 Å². The Morgan fingerprint density at radius 1 is 1.30 bits per heavy atom. The second-order valence-corrected chi connectivity index (χ2v) is 7.83. The fourth-order valence-corrected chi connectivity index (χ4v) is 2.84. The van der Waals surface area contributed by atoms with Crippen molar-refractivity contribution in [1.29, 1.82) is 0 Å². The summed E-state index contributed by atoms with van der Waals surface area (Å²) >= 11 is 0. The van der Waals surface area contributed by atoms with Crippen LogP contribution in [0.4, 0.5) is 13.2 Å². The van der Waals surface area contributed by atoms with Crippen LogP contribution >= 0.6 is 0 Å². The summed E-state index contributed by atoms with van der Waals surface area (Å²) in [5.41, 5.74) is -0.126. The van der Waals surface area contributed by atoms with E-state index in [4.69, 9.17) is 19.4 Å². The second kappa shape index (κ2) is 9.40. The maximum Gasteiger partial charge on any atom is 0.422 e. The molecule has 1 unspecified atom stereocenters. The van der Waals surface area contributed by atoms with Crippen LogP contribution < -0.4 is 9.47 Å². The van der Waals surface area contributed by atoms with Crippen LogP contribution in [0.15, 0.2) is 23.9 Å². The number of ether oxygens (including phenoxy) is 2. The minimum absolute atomic E-state index is 0.0981. The number of halogens is 3. The SMILES string of the molecule is CC(C)(C)ON1CCC(Oc2ccc(CC(=O)O)c(OCC(F)(F)F)c2)CC1=C=O. The topological polar surface area (TPSA) is 85.3 Å². The van der Waals surface area contributed by atoms with Crippen molar-refractivity contribution in [1.82, 2.24) is 5.06 Å². The van der Waals surface area contributed by atoms with Gasteiger partial charge < -0.3 is 14.6 Å². The maximum atomic E-state index is 12.5. The number of hydrogen-bond donors (Lipinski definition) is 1. The van der Waals surface area contributed by atoms with Crippen LogP contribution in [0.1, 0.15) is 39.2 Å². The molecule has 0 aromatic heterocycles. The number of hydrogen-bond acceptors (Lipinski definition) is 6. The Hall–Kier alpha value is -2.71. The van der Waals surface area contributed by atoms with Gasteiger partial charge in [-0.1, -0.05) is 6.07 Å². The third-order valence-corrected chi connectivity index (χ3v) is 3.95. The van der Waals surface area contributed by atoms with Crippen LogP contribution in [-0.2, 0) is 20.8 Å². The number of carboxylic acids is 1. The molecule has 1 aliphatic rings. The molecule has 1 aliphatic heterocycles. The Balaban J connectivity index is 2.12. The summed E-state index contributed by atoms with van der Waals surface area (Å²) in [6, 6.07) is 4.04. The summed E-state index contributed by atoms with van der Waals surface area (Å²) in [7, 11) is 0. The van der Waals surface area contributed by atoms with Gasteiger partial charge in [0.05, 0.1) is 12.0 Å². The fraction of sp³-hybridized carbons (Fsp3) is 0.550. The number of benzene rings is 1. The summed E-state index contributed by atoms with van der Waals surface area (Å²) in [4.78, 5) is 28.0. The van der Waals surface area contributed by atoms with E-state index in [1.807, 2.05) is 26.7 Å². The first-order chi connectivity index (χ1) is 13.9. The maximum absolute atomic E-state index is 12.5. The first-order valence-corrected chi connectivity index (χ1v) is 9.28. The Labute approximate surface area is 172 Å². The van der Waals surface area contributed by atoms with Crippen LogP contribution in [0, 0.1) is 0 Å². The zero-order valence-corrected chi connectivity index (χ0v) is 16.9. The Kier molecular flexibility index (Phi) is 7.39. The van der Waals surface area contributed by atoms with Gasteiger partial charge in [0.1, 0.15) is 29.2 Å². The van der Waals surface area contributed by atoms with Crippen molar-refractivity contribution >= 4 is 11.9 Å². The molecule has 1 N–H and O–H groups in total. The second-order valence-electron chi connectivity index (χ2n) is 7.83. The van der Waals surface area contributed by atoms with E-state index in [1.165, 1.54) is 23.3 Å². The zero-order chi connectivity index (χ0) is 22.5. The molecular weight excluding hydrogens is 407 g/mol. The van der Waals surface area contributed by atoms with Gasteiger partial charge in [-0.05, 0) is 26.8 Å². The van der Waals surface area contributed by atoms with Crippen molar-refractivity contribution in [3.63, 3.8) is 0 Å². The summed E-state index contributed by atoms with van der Waals surface area (Å²) in [5.74, 6) is 0.637. The lowest BCUT2D eigenvalue weighted by Crippen LogP contribution is -2.41. The van der Waals surface area contributed by atoms with Crippen LogP contribution in [0.5, 0.6) is 11.5 Å². The van der Waals surface area contributed by atoms with E-state index in [0.717, 1.165) is 0 Å². The molecule has 0 spiro atoms. The number of nitrogens with zero attached hydrogens (tertiary/aromatic N) is 1.